The predicted molar refractivity (Wildman–Crippen MR) is 64.1 cm³/mol. The number of benzene rings is 1. The minimum Gasteiger partial charge on any atom is -0.466 e. The molecule has 0 saturated heterocycles. The summed E-state index contributed by atoms with van der Waals surface area (Å²) in [6.07, 6.45) is 0.335. The van der Waals surface area contributed by atoms with Crippen LogP contribution in [0.15, 0.2) is 30.3 Å². The predicted octanol–water partition coefficient (Wildman–Crippen LogP) is 2.07. The maximum atomic E-state index is 11.5. The molecular formula is C13H19NO2. The second-order valence-electron chi connectivity index (χ2n) is 3.93. The van der Waals surface area contributed by atoms with Gasteiger partial charge in [-0.15, -0.1) is 0 Å². The molecule has 0 radical (unpaired) electrons. The van der Waals surface area contributed by atoms with Gasteiger partial charge in [0.05, 0.1) is 18.6 Å². The van der Waals surface area contributed by atoms with E-state index in [2.05, 4.69) is 5.32 Å². The maximum Gasteiger partial charge on any atom is 0.307 e. The van der Waals surface area contributed by atoms with Crippen LogP contribution >= 0.6 is 0 Å². The third kappa shape index (κ3) is 3.07. The van der Waals surface area contributed by atoms with Gasteiger partial charge in [-0.25, -0.2) is 0 Å². The van der Waals surface area contributed by atoms with E-state index in [0.717, 1.165) is 5.56 Å². The summed E-state index contributed by atoms with van der Waals surface area (Å²) in [5.74, 6) is -0.178. The molecule has 0 aliphatic heterocycles. The van der Waals surface area contributed by atoms with Gasteiger partial charge in [-0.1, -0.05) is 30.3 Å². The van der Waals surface area contributed by atoms with Crippen molar-refractivity contribution in [2.24, 2.45) is 0 Å². The summed E-state index contributed by atoms with van der Waals surface area (Å²) < 4.78 is 4.98. The van der Waals surface area contributed by atoms with Crippen molar-refractivity contribution in [3.8, 4) is 0 Å². The van der Waals surface area contributed by atoms with E-state index in [0.29, 0.717) is 13.0 Å². The van der Waals surface area contributed by atoms with Crippen molar-refractivity contribution in [2.45, 2.75) is 25.8 Å². The molecule has 1 N–H and O–H groups in total. The van der Waals surface area contributed by atoms with Gasteiger partial charge in [0.1, 0.15) is 0 Å². The zero-order valence-corrected chi connectivity index (χ0v) is 10.1. The van der Waals surface area contributed by atoms with E-state index in [-0.39, 0.29) is 11.5 Å². The number of nitrogens with one attached hydrogen (secondary N) is 1. The molecule has 3 heteroatoms. The number of ether oxygens (including phenoxy) is 1. The van der Waals surface area contributed by atoms with E-state index in [1.807, 2.05) is 51.2 Å². The summed E-state index contributed by atoms with van der Waals surface area (Å²) in [6.45, 7) is 4.24. The fourth-order valence-electron chi connectivity index (χ4n) is 1.64. The molecular weight excluding hydrogens is 202 g/mol. The molecule has 16 heavy (non-hydrogen) atoms. The number of hydrogen-bond donors (Lipinski definition) is 1. The van der Waals surface area contributed by atoms with Crippen LogP contribution in [0.5, 0.6) is 0 Å². The highest BCUT2D eigenvalue weighted by molar-refractivity contribution is 5.71. The summed E-state index contributed by atoms with van der Waals surface area (Å²) in [5.41, 5.74) is 0.721. The molecule has 0 aromatic heterocycles. The maximum absolute atomic E-state index is 11.5. The lowest BCUT2D eigenvalue weighted by Crippen LogP contribution is -2.39. The van der Waals surface area contributed by atoms with Gasteiger partial charge in [-0.05, 0) is 26.5 Å². The lowest BCUT2D eigenvalue weighted by atomic mass is 9.89. The smallest absolute Gasteiger partial charge is 0.307 e. The van der Waals surface area contributed by atoms with Crippen LogP contribution in [0.4, 0.5) is 0 Å². The molecule has 1 aromatic carbocycles. The van der Waals surface area contributed by atoms with Gasteiger partial charge in [-0.2, -0.15) is 0 Å². The number of carbonyl (C=O) groups is 1. The van der Waals surface area contributed by atoms with Crippen LogP contribution in [0.1, 0.15) is 25.8 Å². The lowest BCUT2D eigenvalue weighted by molar-refractivity contribution is -0.144. The monoisotopic (exact) mass is 221 g/mol. The molecule has 3 nitrogen and oxygen atoms in total. The van der Waals surface area contributed by atoms with E-state index in [1.165, 1.54) is 0 Å². The Hall–Kier alpha value is -1.35. The lowest BCUT2D eigenvalue weighted by Gasteiger charge is -2.28. The van der Waals surface area contributed by atoms with Gasteiger partial charge in [0.25, 0.3) is 0 Å². The Morgan fingerprint density at radius 2 is 2.00 bits per heavy atom. The SMILES string of the molecule is CCOC(=O)C[C@](C)(NC)c1ccccc1. The van der Waals surface area contributed by atoms with Crippen LogP contribution < -0.4 is 5.32 Å². The first-order chi connectivity index (χ1) is 7.62. The molecule has 0 amide bonds. The van der Waals surface area contributed by atoms with Crippen LogP contribution in [0.3, 0.4) is 0 Å². The van der Waals surface area contributed by atoms with Crippen molar-refractivity contribution in [3.63, 3.8) is 0 Å². The third-order valence-electron chi connectivity index (χ3n) is 2.77. The van der Waals surface area contributed by atoms with E-state index in [1.54, 1.807) is 0 Å². The zero-order chi connectivity index (χ0) is 12.0. The molecule has 1 atom stereocenters. The molecule has 1 aromatic rings. The van der Waals surface area contributed by atoms with Gasteiger partial charge in [0.15, 0.2) is 0 Å². The topological polar surface area (TPSA) is 38.3 Å². The van der Waals surface area contributed by atoms with Crippen LogP contribution in [-0.4, -0.2) is 19.6 Å². The van der Waals surface area contributed by atoms with Crippen LogP contribution in [-0.2, 0) is 15.1 Å². The van der Waals surface area contributed by atoms with Crippen molar-refractivity contribution in [1.29, 1.82) is 0 Å². The highest BCUT2D eigenvalue weighted by Gasteiger charge is 2.28. The minimum atomic E-state index is -0.368. The van der Waals surface area contributed by atoms with Gasteiger partial charge >= 0.3 is 5.97 Å². The van der Waals surface area contributed by atoms with Crippen molar-refractivity contribution < 1.29 is 9.53 Å². The van der Waals surface area contributed by atoms with Crippen molar-refractivity contribution in [2.75, 3.05) is 13.7 Å². The fraction of sp³-hybridized carbons (Fsp3) is 0.462. The molecule has 0 aliphatic rings. The van der Waals surface area contributed by atoms with Crippen molar-refractivity contribution in [1.82, 2.24) is 5.32 Å². The fourth-order valence-corrected chi connectivity index (χ4v) is 1.64. The first-order valence-electron chi connectivity index (χ1n) is 5.52. The molecule has 1 rings (SSSR count). The number of esters is 1. The second-order valence-corrected chi connectivity index (χ2v) is 3.93. The highest BCUT2D eigenvalue weighted by Crippen LogP contribution is 2.24. The van der Waals surface area contributed by atoms with Gasteiger partial charge in [0.2, 0.25) is 0 Å². The molecule has 0 aliphatic carbocycles. The molecule has 0 heterocycles. The Morgan fingerprint density at radius 3 is 2.50 bits per heavy atom. The van der Waals surface area contributed by atoms with Crippen LogP contribution in [0.25, 0.3) is 0 Å². The number of carbonyl (C=O) groups excluding carboxylic acids is 1. The van der Waals surface area contributed by atoms with Crippen LogP contribution in [0, 0.1) is 0 Å². The summed E-state index contributed by atoms with van der Waals surface area (Å²) in [6, 6.07) is 9.92. The minimum absolute atomic E-state index is 0.178. The average Bonchev–Trinajstić information content (AvgIpc) is 2.30. The Labute approximate surface area is 96.8 Å². The molecule has 0 bridgehead atoms. The van der Waals surface area contributed by atoms with Crippen molar-refractivity contribution in [3.05, 3.63) is 35.9 Å². The van der Waals surface area contributed by atoms with E-state index >= 15 is 0 Å². The number of rotatable bonds is 5. The zero-order valence-electron chi connectivity index (χ0n) is 10.1. The average molecular weight is 221 g/mol. The van der Waals surface area contributed by atoms with E-state index in [4.69, 9.17) is 4.74 Å². The molecule has 0 fully saturated rings. The molecule has 88 valence electrons. The second kappa shape index (κ2) is 5.66. The normalized spacial score (nSPS) is 14.2. The van der Waals surface area contributed by atoms with Crippen LogP contribution in [0.2, 0.25) is 0 Å². The molecule has 0 saturated carbocycles. The van der Waals surface area contributed by atoms with E-state index < -0.39 is 0 Å². The molecule has 0 spiro atoms. The highest BCUT2D eigenvalue weighted by atomic mass is 16.5. The summed E-state index contributed by atoms with van der Waals surface area (Å²) in [4.78, 5) is 11.5. The van der Waals surface area contributed by atoms with Gasteiger partial charge in [-0.3, -0.25) is 4.79 Å². The number of hydrogen-bond acceptors (Lipinski definition) is 3. The Morgan fingerprint density at radius 1 is 1.38 bits per heavy atom. The Kier molecular flexibility index (Phi) is 4.50. The largest absolute Gasteiger partial charge is 0.466 e. The van der Waals surface area contributed by atoms with Crippen molar-refractivity contribution >= 4 is 5.97 Å². The summed E-state index contributed by atoms with van der Waals surface area (Å²) in [7, 11) is 1.85. The standard InChI is InChI=1S/C13H19NO2/c1-4-16-12(15)10-13(2,14-3)11-8-6-5-7-9-11/h5-9,14H,4,10H2,1-3H3/t13-/m0/s1. The third-order valence-corrected chi connectivity index (χ3v) is 2.77. The van der Waals surface area contributed by atoms with E-state index in [9.17, 15) is 4.79 Å². The molecule has 0 unspecified atom stereocenters. The summed E-state index contributed by atoms with van der Waals surface area (Å²) in [5, 5.41) is 3.18. The Bertz CT molecular complexity index is 337. The first kappa shape index (κ1) is 12.7. The first-order valence-corrected chi connectivity index (χ1v) is 5.52. The summed E-state index contributed by atoms with van der Waals surface area (Å²) >= 11 is 0. The van der Waals surface area contributed by atoms with Gasteiger partial charge in [0, 0.05) is 0 Å². The van der Waals surface area contributed by atoms with Gasteiger partial charge < -0.3 is 10.1 Å². The quantitative estimate of drug-likeness (QED) is 0.774. The Balaban J connectivity index is 2.82.